The zero-order valence-electron chi connectivity index (χ0n) is 9.82. The van der Waals surface area contributed by atoms with Gasteiger partial charge in [0.05, 0.1) is 13.5 Å². The third-order valence-electron chi connectivity index (χ3n) is 2.17. The number of hydrogen-bond donors (Lipinski definition) is 2. The number of carbonyl (C=O) groups excluding carboxylic acids is 1. The van der Waals surface area contributed by atoms with Crippen LogP contribution in [-0.2, 0) is 14.3 Å². The second kappa shape index (κ2) is 6.27. The Morgan fingerprint density at radius 1 is 1.38 bits per heavy atom. The van der Waals surface area contributed by atoms with Crippen molar-refractivity contribution in [3.8, 4) is 0 Å². The summed E-state index contributed by atoms with van der Waals surface area (Å²) >= 11 is 0. The summed E-state index contributed by atoms with van der Waals surface area (Å²) in [6.45, 7) is 3.75. The van der Waals surface area contributed by atoms with Gasteiger partial charge in [-0.2, -0.15) is 0 Å². The molecule has 1 atom stereocenters. The van der Waals surface area contributed by atoms with Crippen molar-refractivity contribution < 1.29 is 24.5 Å². The van der Waals surface area contributed by atoms with Gasteiger partial charge in [0, 0.05) is 0 Å². The molecule has 0 spiro atoms. The first-order chi connectivity index (χ1) is 7.31. The Balaban J connectivity index is 4.51. The molecular formula is C11H18O5. The van der Waals surface area contributed by atoms with Gasteiger partial charge in [-0.25, -0.2) is 4.79 Å². The number of esters is 1. The summed E-state index contributed by atoms with van der Waals surface area (Å²) in [4.78, 5) is 21.8. The van der Waals surface area contributed by atoms with Crippen molar-refractivity contribution in [2.75, 3.05) is 7.11 Å². The number of ether oxygens (including phenoxy) is 1. The topological polar surface area (TPSA) is 83.8 Å². The molecule has 0 radical (unpaired) electrons. The fraction of sp³-hybridized carbons (Fsp3) is 0.636. The van der Waals surface area contributed by atoms with Crippen LogP contribution in [0.25, 0.3) is 0 Å². The van der Waals surface area contributed by atoms with Gasteiger partial charge in [-0.15, -0.1) is 0 Å². The quantitative estimate of drug-likeness (QED) is 0.527. The van der Waals surface area contributed by atoms with E-state index in [9.17, 15) is 14.7 Å². The summed E-state index contributed by atoms with van der Waals surface area (Å²) in [6, 6.07) is 0. The highest BCUT2D eigenvalue weighted by Crippen LogP contribution is 2.19. The Morgan fingerprint density at radius 3 is 2.31 bits per heavy atom. The molecule has 0 heterocycles. The first-order valence-electron chi connectivity index (χ1n) is 4.98. The molecule has 0 aromatic carbocycles. The lowest BCUT2D eigenvalue weighted by molar-refractivity contribution is -0.166. The fourth-order valence-corrected chi connectivity index (χ4v) is 1.18. The van der Waals surface area contributed by atoms with Crippen LogP contribution in [0.5, 0.6) is 0 Å². The SMILES string of the molecule is COC(=O)CC(O)(CCC=C(C)C)C(=O)O. The minimum atomic E-state index is -2.04. The van der Waals surface area contributed by atoms with Gasteiger partial charge in [0.25, 0.3) is 0 Å². The van der Waals surface area contributed by atoms with Crippen LogP contribution < -0.4 is 0 Å². The number of methoxy groups -OCH3 is 1. The smallest absolute Gasteiger partial charge is 0.336 e. The van der Waals surface area contributed by atoms with E-state index in [0.717, 1.165) is 12.7 Å². The third-order valence-corrected chi connectivity index (χ3v) is 2.17. The molecule has 92 valence electrons. The predicted molar refractivity (Wildman–Crippen MR) is 57.9 cm³/mol. The van der Waals surface area contributed by atoms with Crippen molar-refractivity contribution in [1.29, 1.82) is 0 Å². The molecular weight excluding hydrogens is 212 g/mol. The molecule has 0 aliphatic heterocycles. The van der Waals surface area contributed by atoms with Crippen molar-refractivity contribution in [3.05, 3.63) is 11.6 Å². The number of carbonyl (C=O) groups is 2. The maximum Gasteiger partial charge on any atom is 0.336 e. The lowest BCUT2D eigenvalue weighted by Gasteiger charge is -2.21. The molecule has 0 amide bonds. The molecule has 1 unspecified atom stereocenters. The molecule has 0 aromatic heterocycles. The highest BCUT2D eigenvalue weighted by Gasteiger charge is 2.38. The molecule has 0 rings (SSSR count). The molecule has 0 saturated carbocycles. The van der Waals surface area contributed by atoms with E-state index in [2.05, 4.69) is 4.74 Å². The van der Waals surface area contributed by atoms with Crippen molar-refractivity contribution in [2.24, 2.45) is 0 Å². The van der Waals surface area contributed by atoms with Gasteiger partial charge in [0.15, 0.2) is 5.60 Å². The van der Waals surface area contributed by atoms with Crippen LogP contribution >= 0.6 is 0 Å². The van der Waals surface area contributed by atoms with Crippen molar-refractivity contribution in [3.63, 3.8) is 0 Å². The number of aliphatic hydroxyl groups is 1. The maximum atomic E-state index is 11.0. The van der Waals surface area contributed by atoms with Crippen LogP contribution in [0.15, 0.2) is 11.6 Å². The molecule has 5 nitrogen and oxygen atoms in total. The van der Waals surface area contributed by atoms with Crippen molar-refractivity contribution >= 4 is 11.9 Å². The Hall–Kier alpha value is -1.36. The van der Waals surface area contributed by atoms with Gasteiger partial charge in [-0.1, -0.05) is 11.6 Å². The van der Waals surface area contributed by atoms with E-state index < -0.39 is 24.0 Å². The van der Waals surface area contributed by atoms with E-state index in [1.807, 2.05) is 19.9 Å². The van der Waals surface area contributed by atoms with Gasteiger partial charge in [0.2, 0.25) is 0 Å². The average Bonchev–Trinajstić information content (AvgIpc) is 2.16. The van der Waals surface area contributed by atoms with Crippen LogP contribution in [0.4, 0.5) is 0 Å². The largest absolute Gasteiger partial charge is 0.479 e. The molecule has 0 aliphatic carbocycles. The third kappa shape index (κ3) is 4.93. The van der Waals surface area contributed by atoms with E-state index in [1.165, 1.54) is 0 Å². The van der Waals surface area contributed by atoms with E-state index >= 15 is 0 Å². The normalized spacial score (nSPS) is 13.8. The van der Waals surface area contributed by atoms with Crippen LogP contribution in [0.1, 0.15) is 33.1 Å². The maximum absolute atomic E-state index is 11.0. The number of hydrogen-bond acceptors (Lipinski definition) is 4. The van der Waals surface area contributed by atoms with E-state index in [0.29, 0.717) is 6.42 Å². The lowest BCUT2D eigenvalue weighted by atomic mass is 9.93. The van der Waals surface area contributed by atoms with Gasteiger partial charge in [0.1, 0.15) is 0 Å². The zero-order chi connectivity index (χ0) is 12.8. The number of carboxylic acid groups (broad SMARTS) is 1. The first-order valence-corrected chi connectivity index (χ1v) is 4.98. The second-order valence-corrected chi connectivity index (χ2v) is 3.91. The summed E-state index contributed by atoms with van der Waals surface area (Å²) in [5.41, 5.74) is -1.01. The second-order valence-electron chi connectivity index (χ2n) is 3.91. The minimum Gasteiger partial charge on any atom is -0.479 e. The zero-order valence-corrected chi connectivity index (χ0v) is 9.82. The van der Waals surface area contributed by atoms with Gasteiger partial charge in [-0.05, 0) is 26.7 Å². The molecule has 0 bridgehead atoms. The predicted octanol–water partition coefficient (Wildman–Crippen LogP) is 1.11. The van der Waals surface area contributed by atoms with E-state index in [-0.39, 0.29) is 6.42 Å². The molecule has 0 aromatic rings. The Morgan fingerprint density at radius 2 is 1.94 bits per heavy atom. The summed E-state index contributed by atoms with van der Waals surface area (Å²) in [5.74, 6) is -2.14. The monoisotopic (exact) mass is 230 g/mol. The van der Waals surface area contributed by atoms with E-state index in [1.54, 1.807) is 0 Å². The van der Waals surface area contributed by atoms with E-state index in [4.69, 9.17) is 5.11 Å². The number of allylic oxidation sites excluding steroid dienone is 2. The highest BCUT2D eigenvalue weighted by atomic mass is 16.5. The fourth-order valence-electron chi connectivity index (χ4n) is 1.18. The summed E-state index contributed by atoms with van der Waals surface area (Å²) in [6.07, 6.45) is 1.67. The van der Waals surface area contributed by atoms with Gasteiger partial charge < -0.3 is 14.9 Å². The van der Waals surface area contributed by atoms with Gasteiger partial charge >= 0.3 is 11.9 Å². The summed E-state index contributed by atoms with van der Waals surface area (Å²) in [5, 5.41) is 18.6. The Kier molecular flexibility index (Phi) is 5.74. The Bertz CT molecular complexity index is 291. The van der Waals surface area contributed by atoms with Crippen LogP contribution in [0, 0.1) is 0 Å². The number of carboxylic acids is 1. The average molecular weight is 230 g/mol. The van der Waals surface area contributed by atoms with Crippen LogP contribution in [-0.4, -0.2) is 34.9 Å². The number of aliphatic carboxylic acids is 1. The van der Waals surface area contributed by atoms with Crippen LogP contribution in [0.2, 0.25) is 0 Å². The highest BCUT2D eigenvalue weighted by molar-refractivity contribution is 5.84. The van der Waals surface area contributed by atoms with Crippen molar-refractivity contribution in [2.45, 2.75) is 38.7 Å². The summed E-state index contributed by atoms with van der Waals surface area (Å²) in [7, 11) is 1.15. The minimum absolute atomic E-state index is 0.0113. The molecule has 0 aliphatic rings. The molecule has 16 heavy (non-hydrogen) atoms. The lowest BCUT2D eigenvalue weighted by Crippen LogP contribution is -2.40. The molecule has 5 heteroatoms. The first kappa shape index (κ1) is 14.6. The molecule has 0 saturated heterocycles. The summed E-state index contributed by atoms with van der Waals surface area (Å²) < 4.78 is 4.35. The standard InChI is InChI=1S/C11H18O5/c1-8(2)5-4-6-11(15,10(13)14)7-9(12)16-3/h5,15H,4,6-7H2,1-3H3,(H,13,14). The number of rotatable bonds is 6. The van der Waals surface area contributed by atoms with Crippen LogP contribution in [0.3, 0.4) is 0 Å². The Labute approximate surface area is 94.7 Å². The van der Waals surface area contributed by atoms with Crippen molar-refractivity contribution in [1.82, 2.24) is 0 Å². The van der Waals surface area contributed by atoms with Gasteiger partial charge in [-0.3, -0.25) is 4.79 Å². The molecule has 0 fully saturated rings. The molecule has 2 N–H and O–H groups in total.